The number of amides is 1. The molecule has 0 spiro atoms. The Kier molecular flexibility index (Phi) is 2.77. The van der Waals surface area contributed by atoms with Gasteiger partial charge >= 0.3 is 0 Å². The van der Waals surface area contributed by atoms with Gasteiger partial charge in [0.25, 0.3) is 0 Å². The Morgan fingerprint density at radius 2 is 1.88 bits per heavy atom. The maximum absolute atomic E-state index is 11.0. The van der Waals surface area contributed by atoms with Gasteiger partial charge in [0.05, 0.1) is 0 Å². The van der Waals surface area contributed by atoms with Crippen molar-refractivity contribution in [2.75, 3.05) is 5.32 Å². The Balaban J connectivity index is 2.17. The van der Waals surface area contributed by atoms with Gasteiger partial charge in [-0.05, 0) is 30.3 Å². The van der Waals surface area contributed by atoms with Gasteiger partial charge in [-0.1, -0.05) is 6.58 Å². The van der Waals surface area contributed by atoms with E-state index in [9.17, 15) is 4.79 Å². The van der Waals surface area contributed by atoms with Gasteiger partial charge in [0.2, 0.25) is 5.91 Å². The van der Waals surface area contributed by atoms with Crippen molar-refractivity contribution in [2.45, 2.75) is 0 Å². The van der Waals surface area contributed by atoms with Crippen LogP contribution >= 0.6 is 0 Å². The summed E-state index contributed by atoms with van der Waals surface area (Å²) in [6.07, 6.45) is 4.45. The van der Waals surface area contributed by atoms with Crippen LogP contribution in [0.4, 0.5) is 5.69 Å². The predicted molar refractivity (Wildman–Crippen MR) is 60.2 cm³/mol. The number of nitrogens with zero attached hydrogens (tertiary/aromatic N) is 3. The molecule has 16 heavy (non-hydrogen) atoms. The lowest BCUT2D eigenvalue weighted by atomic mass is 10.3. The number of aromatic nitrogens is 3. The molecule has 0 atom stereocenters. The molecule has 2 rings (SSSR count). The van der Waals surface area contributed by atoms with Crippen LogP contribution in [0.25, 0.3) is 5.69 Å². The summed E-state index contributed by atoms with van der Waals surface area (Å²) in [4.78, 5) is 11.0. The van der Waals surface area contributed by atoms with Gasteiger partial charge in [-0.15, -0.1) is 10.2 Å². The van der Waals surface area contributed by atoms with E-state index in [1.54, 1.807) is 29.4 Å². The molecule has 1 amide bonds. The number of benzene rings is 1. The number of rotatable bonds is 3. The molecule has 0 bridgehead atoms. The SMILES string of the molecule is C=CC(=O)Nc1ccc(-n2cnnc2)cc1. The minimum Gasteiger partial charge on any atom is -0.323 e. The van der Waals surface area contributed by atoms with Gasteiger partial charge in [0.1, 0.15) is 12.7 Å². The summed E-state index contributed by atoms with van der Waals surface area (Å²) in [5, 5.41) is 10.1. The van der Waals surface area contributed by atoms with Crippen molar-refractivity contribution < 1.29 is 4.79 Å². The first-order chi connectivity index (χ1) is 7.79. The summed E-state index contributed by atoms with van der Waals surface area (Å²) in [6, 6.07) is 7.33. The Hall–Kier alpha value is -2.43. The molecule has 0 aliphatic carbocycles. The fourth-order valence-corrected chi connectivity index (χ4v) is 1.24. The second kappa shape index (κ2) is 4.39. The Bertz CT molecular complexity index is 487. The smallest absolute Gasteiger partial charge is 0.247 e. The molecule has 5 heteroatoms. The van der Waals surface area contributed by atoms with Crippen LogP contribution in [0.15, 0.2) is 49.6 Å². The third-order valence-electron chi connectivity index (χ3n) is 2.04. The van der Waals surface area contributed by atoms with Crippen molar-refractivity contribution in [3.8, 4) is 5.69 Å². The highest BCUT2D eigenvalue weighted by Crippen LogP contribution is 2.12. The lowest BCUT2D eigenvalue weighted by Crippen LogP contribution is -2.07. The van der Waals surface area contributed by atoms with Crippen molar-refractivity contribution in [1.82, 2.24) is 14.8 Å². The minimum atomic E-state index is -0.225. The molecule has 80 valence electrons. The third-order valence-corrected chi connectivity index (χ3v) is 2.04. The van der Waals surface area contributed by atoms with Crippen LogP contribution < -0.4 is 5.32 Å². The van der Waals surface area contributed by atoms with E-state index in [0.717, 1.165) is 11.4 Å². The van der Waals surface area contributed by atoms with Crippen LogP contribution in [0.1, 0.15) is 0 Å². The summed E-state index contributed by atoms with van der Waals surface area (Å²) in [5.41, 5.74) is 1.66. The normalized spacial score (nSPS) is 9.75. The summed E-state index contributed by atoms with van der Waals surface area (Å²) in [6.45, 7) is 3.38. The number of carbonyl (C=O) groups excluding carboxylic acids is 1. The van der Waals surface area contributed by atoms with E-state index >= 15 is 0 Å². The van der Waals surface area contributed by atoms with Crippen molar-refractivity contribution in [2.24, 2.45) is 0 Å². The summed E-state index contributed by atoms with van der Waals surface area (Å²) in [5.74, 6) is -0.225. The summed E-state index contributed by atoms with van der Waals surface area (Å²) in [7, 11) is 0. The highest BCUT2D eigenvalue weighted by atomic mass is 16.1. The van der Waals surface area contributed by atoms with Gasteiger partial charge in [0.15, 0.2) is 0 Å². The van der Waals surface area contributed by atoms with Gasteiger partial charge in [-0.2, -0.15) is 0 Å². The molecular formula is C11H10N4O. The number of hydrogen-bond donors (Lipinski definition) is 1. The fraction of sp³-hybridized carbons (Fsp3) is 0. The van der Waals surface area contributed by atoms with E-state index in [-0.39, 0.29) is 5.91 Å². The molecule has 1 aromatic heterocycles. The van der Waals surface area contributed by atoms with Crippen LogP contribution in [0.3, 0.4) is 0 Å². The van der Waals surface area contributed by atoms with E-state index in [4.69, 9.17) is 0 Å². The zero-order valence-electron chi connectivity index (χ0n) is 8.50. The number of hydrogen-bond acceptors (Lipinski definition) is 3. The largest absolute Gasteiger partial charge is 0.323 e. The van der Waals surface area contributed by atoms with Crippen LogP contribution in [-0.2, 0) is 4.79 Å². The highest BCUT2D eigenvalue weighted by molar-refractivity contribution is 5.98. The number of nitrogens with one attached hydrogen (secondary N) is 1. The van der Waals surface area contributed by atoms with E-state index in [1.165, 1.54) is 6.08 Å². The Morgan fingerprint density at radius 3 is 2.44 bits per heavy atom. The standard InChI is InChI=1S/C11H10N4O/c1-2-11(16)14-9-3-5-10(6-4-9)15-7-12-13-8-15/h2-8H,1H2,(H,14,16). The molecule has 2 aromatic rings. The zero-order chi connectivity index (χ0) is 11.4. The molecule has 0 radical (unpaired) electrons. The molecule has 0 aliphatic rings. The first kappa shape index (κ1) is 10.1. The van der Waals surface area contributed by atoms with Gasteiger partial charge in [-0.3, -0.25) is 9.36 Å². The molecule has 1 heterocycles. The maximum Gasteiger partial charge on any atom is 0.247 e. The summed E-state index contributed by atoms with van der Waals surface area (Å²) < 4.78 is 1.78. The molecule has 0 fully saturated rings. The highest BCUT2D eigenvalue weighted by Gasteiger charge is 1.98. The van der Waals surface area contributed by atoms with Crippen LogP contribution in [0.2, 0.25) is 0 Å². The zero-order valence-corrected chi connectivity index (χ0v) is 8.50. The molecular weight excluding hydrogens is 204 g/mol. The molecule has 5 nitrogen and oxygen atoms in total. The topological polar surface area (TPSA) is 59.8 Å². The monoisotopic (exact) mass is 214 g/mol. The summed E-state index contributed by atoms with van der Waals surface area (Å²) >= 11 is 0. The van der Waals surface area contributed by atoms with E-state index in [0.29, 0.717) is 0 Å². The molecule has 1 aromatic carbocycles. The number of carbonyl (C=O) groups is 1. The van der Waals surface area contributed by atoms with Crippen LogP contribution in [-0.4, -0.2) is 20.7 Å². The van der Waals surface area contributed by atoms with Gasteiger partial charge in [-0.25, -0.2) is 0 Å². The molecule has 0 aliphatic heterocycles. The first-order valence-corrected chi connectivity index (χ1v) is 4.68. The second-order valence-electron chi connectivity index (χ2n) is 3.11. The van der Waals surface area contributed by atoms with Crippen molar-refractivity contribution in [3.05, 3.63) is 49.6 Å². The van der Waals surface area contributed by atoms with Gasteiger partial charge < -0.3 is 5.32 Å². The molecule has 1 N–H and O–H groups in total. The van der Waals surface area contributed by atoms with E-state index in [2.05, 4.69) is 22.1 Å². The molecule has 0 saturated carbocycles. The minimum absolute atomic E-state index is 0.225. The predicted octanol–water partition coefficient (Wildman–Crippen LogP) is 1.39. The fourth-order valence-electron chi connectivity index (χ4n) is 1.24. The lowest BCUT2D eigenvalue weighted by Gasteiger charge is -2.04. The van der Waals surface area contributed by atoms with Crippen molar-refractivity contribution >= 4 is 11.6 Å². The van der Waals surface area contributed by atoms with Crippen molar-refractivity contribution in [3.63, 3.8) is 0 Å². The Morgan fingerprint density at radius 1 is 1.25 bits per heavy atom. The quantitative estimate of drug-likeness (QED) is 0.785. The number of anilines is 1. The average molecular weight is 214 g/mol. The van der Waals surface area contributed by atoms with E-state index < -0.39 is 0 Å². The second-order valence-corrected chi connectivity index (χ2v) is 3.11. The molecule has 0 saturated heterocycles. The molecule has 0 unspecified atom stereocenters. The van der Waals surface area contributed by atoms with Gasteiger partial charge in [0, 0.05) is 11.4 Å². The third kappa shape index (κ3) is 2.14. The Labute approximate surface area is 92.4 Å². The van der Waals surface area contributed by atoms with Crippen molar-refractivity contribution in [1.29, 1.82) is 0 Å². The first-order valence-electron chi connectivity index (χ1n) is 4.68. The van der Waals surface area contributed by atoms with Crippen LogP contribution in [0.5, 0.6) is 0 Å². The van der Waals surface area contributed by atoms with Crippen LogP contribution in [0, 0.1) is 0 Å². The maximum atomic E-state index is 11.0. The lowest BCUT2D eigenvalue weighted by molar-refractivity contribution is -0.111. The average Bonchev–Trinajstić information content (AvgIpc) is 2.83. The van der Waals surface area contributed by atoms with E-state index in [1.807, 2.05) is 12.1 Å².